The molecule has 0 fully saturated rings. The zero-order chi connectivity index (χ0) is 21.6. The molecule has 152 valence electrons. The van der Waals surface area contributed by atoms with E-state index < -0.39 is 52.9 Å². The third kappa shape index (κ3) is 3.84. The molecule has 0 unspecified atom stereocenters. The Morgan fingerprint density at radius 1 is 0.793 bits per heavy atom. The molecule has 13 heteroatoms. The molecule has 0 atom stereocenters. The second-order valence-electron chi connectivity index (χ2n) is 5.79. The van der Waals surface area contributed by atoms with Gasteiger partial charge in [0.1, 0.15) is 15.5 Å². The highest BCUT2D eigenvalue weighted by atomic mass is 32.2. The lowest BCUT2D eigenvalue weighted by molar-refractivity contribution is 0.393. The van der Waals surface area contributed by atoms with Crippen molar-refractivity contribution in [2.45, 2.75) is 9.79 Å². The molecule has 0 saturated heterocycles. The molecule has 0 radical (unpaired) electrons. The Morgan fingerprint density at radius 2 is 1.34 bits per heavy atom. The van der Waals surface area contributed by atoms with Crippen molar-refractivity contribution < 1.29 is 36.2 Å². The van der Waals surface area contributed by atoms with Crippen molar-refractivity contribution >= 4 is 48.1 Å². The van der Waals surface area contributed by atoms with Crippen LogP contribution in [-0.2, 0) is 20.2 Å². The van der Waals surface area contributed by atoms with Crippen LogP contribution in [0.5, 0.6) is 11.5 Å². The number of anilines is 1. The van der Waals surface area contributed by atoms with Crippen LogP contribution in [0.4, 0.5) is 17.1 Å². The number of nitrogen functional groups attached to an aromatic ring is 1. The average Bonchev–Trinajstić information content (AvgIpc) is 2.62. The summed E-state index contributed by atoms with van der Waals surface area (Å²) in [6.45, 7) is 0. The van der Waals surface area contributed by atoms with E-state index in [4.69, 9.17) is 5.73 Å². The van der Waals surface area contributed by atoms with E-state index in [1.54, 1.807) is 30.3 Å². The van der Waals surface area contributed by atoms with Crippen molar-refractivity contribution in [1.82, 2.24) is 0 Å². The summed E-state index contributed by atoms with van der Waals surface area (Å²) in [5.41, 5.74) is 5.17. The van der Waals surface area contributed by atoms with Crippen molar-refractivity contribution in [3.63, 3.8) is 0 Å². The Balaban J connectivity index is 2.41. The zero-order valence-electron chi connectivity index (χ0n) is 14.3. The van der Waals surface area contributed by atoms with E-state index in [-0.39, 0.29) is 10.8 Å². The highest BCUT2D eigenvalue weighted by Crippen LogP contribution is 2.47. The van der Waals surface area contributed by atoms with Gasteiger partial charge in [0.2, 0.25) is 0 Å². The van der Waals surface area contributed by atoms with Crippen molar-refractivity contribution in [3.05, 3.63) is 42.5 Å². The first-order valence-electron chi connectivity index (χ1n) is 7.64. The van der Waals surface area contributed by atoms with Gasteiger partial charge in [-0.25, -0.2) is 0 Å². The van der Waals surface area contributed by atoms with Gasteiger partial charge < -0.3 is 15.9 Å². The molecule has 0 saturated carbocycles. The van der Waals surface area contributed by atoms with Crippen molar-refractivity contribution in [2.75, 3.05) is 5.73 Å². The molecule has 3 aromatic carbocycles. The fraction of sp³-hybridized carbons (Fsp3) is 0. The van der Waals surface area contributed by atoms with E-state index >= 15 is 0 Å². The standard InChI is InChI=1S/C16H13N3O8S2/c17-13-12-8(7-11(29(25,26)27)15(20)16(12)21)6-10(28(22,23)24)14(13)19-18-9-4-2-1-3-5-9/h1-7,20-21H,17H2,(H,22,23,24)(H,25,26,27). The second-order valence-corrected chi connectivity index (χ2v) is 8.57. The highest BCUT2D eigenvalue weighted by molar-refractivity contribution is 7.86. The summed E-state index contributed by atoms with van der Waals surface area (Å²) in [4.78, 5) is -1.91. The minimum absolute atomic E-state index is 0.309. The Labute approximate surface area is 164 Å². The summed E-state index contributed by atoms with van der Waals surface area (Å²) in [5, 5.41) is 27.0. The number of rotatable bonds is 4. The number of nitrogens with zero attached hydrogens (tertiary/aromatic N) is 2. The van der Waals surface area contributed by atoms with Crippen LogP contribution < -0.4 is 5.73 Å². The first kappa shape index (κ1) is 20.5. The summed E-state index contributed by atoms with van der Waals surface area (Å²) in [5.74, 6) is -2.23. The Bertz CT molecular complexity index is 1370. The van der Waals surface area contributed by atoms with Gasteiger partial charge in [0.05, 0.1) is 16.8 Å². The molecular weight excluding hydrogens is 426 g/mol. The van der Waals surface area contributed by atoms with Gasteiger partial charge >= 0.3 is 0 Å². The summed E-state index contributed by atoms with van der Waals surface area (Å²) in [7, 11) is -9.88. The van der Waals surface area contributed by atoms with Gasteiger partial charge in [-0.2, -0.15) is 21.9 Å². The van der Waals surface area contributed by atoms with Crippen LogP contribution in [0.3, 0.4) is 0 Å². The Hall–Kier alpha value is -3.26. The van der Waals surface area contributed by atoms with E-state index in [0.29, 0.717) is 11.8 Å². The largest absolute Gasteiger partial charge is 0.504 e. The lowest BCUT2D eigenvalue weighted by atomic mass is 10.1. The SMILES string of the molecule is Nc1c(N=Nc2ccccc2)c(S(=O)(=O)O)cc2cc(S(=O)(=O)O)c(O)c(O)c12. The maximum absolute atomic E-state index is 11.8. The van der Waals surface area contributed by atoms with E-state index in [1.165, 1.54) is 0 Å². The van der Waals surface area contributed by atoms with Gasteiger partial charge in [0.25, 0.3) is 20.2 Å². The van der Waals surface area contributed by atoms with Gasteiger partial charge in [-0.05, 0) is 29.7 Å². The maximum atomic E-state index is 11.8. The third-order valence-corrected chi connectivity index (χ3v) is 5.63. The quantitative estimate of drug-likeness (QED) is 0.175. The normalized spacial score (nSPS) is 12.6. The molecule has 6 N–H and O–H groups in total. The molecule has 0 amide bonds. The molecular formula is C16H13N3O8S2. The summed E-state index contributed by atoms with van der Waals surface area (Å²) in [6, 6.07) is 9.55. The van der Waals surface area contributed by atoms with Crippen LogP contribution in [0.25, 0.3) is 10.8 Å². The minimum Gasteiger partial charge on any atom is -0.504 e. The number of nitrogens with two attached hydrogens (primary N) is 1. The van der Waals surface area contributed by atoms with Crippen molar-refractivity contribution in [3.8, 4) is 11.5 Å². The predicted molar refractivity (Wildman–Crippen MR) is 102 cm³/mol. The average molecular weight is 439 g/mol. The number of benzene rings is 3. The number of fused-ring (bicyclic) bond motifs is 1. The Morgan fingerprint density at radius 3 is 1.90 bits per heavy atom. The number of phenolic OH excluding ortho intramolecular Hbond substituents is 2. The number of hydrogen-bond donors (Lipinski definition) is 5. The van der Waals surface area contributed by atoms with E-state index in [2.05, 4.69) is 10.2 Å². The van der Waals surface area contributed by atoms with Crippen LogP contribution in [-0.4, -0.2) is 36.2 Å². The fourth-order valence-electron chi connectivity index (χ4n) is 2.61. The lowest BCUT2D eigenvalue weighted by Gasteiger charge is -2.13. The first-order chi connectivity index (χ1) is 13.4. The summed E-state index contributed by atoms with van der Waals surface area (Å²) in [6.07, 6.45) is 0. The van der Waals surface area contributed by atoms with Crippen molar-refractivity contribution in [2.24, 2.45) is 10.2 Å². The molecule has 0 spiro atoms. The van der Waals surface area contributed by atoms with Crippen LogP contribution in [0.15, 0.2) is 62.5 Å². The van der Waals surface area contributed by atoms with E-state index in [0.717, 1.165) is 6.07 Å². The first-order valence-corrected chi connectivity index (χ1v) is 10.5. The van der Waals surface area contributed by atoms with Gasteiger partial charge in [0.15, 0.2) is 11.5 Å². The molecule has 3 aromatic rings. The lowest BCUT2D eigenvalue weighted by Crippen LogP contribution is -2.03. The van der Waals surface area contributed by atoms with Gasteiger partial charge in [-0.15, -0.1) is 5.11 Å². The summed E-state index contributed by atoms with van der Waals surface area (Å²) >= 11 is 0. The molecule has 0 bridgehead atoms. The number of aromatic hydroxyl groups is 2. The minimum atomic E-state index is -4.97. The number of hydrogen-bond acceptors (Lipinski definition) is 9. The molecule has 11 nitrogen and oxygen atoms in total. The topological polar surface area (TPSA) is 200 Å². The van der Waals surface area contributed by atoms with Gasteiger partial charge in [0, 0.05) is 0 Å². The van der Waals surface area contributed by atoms with Crippen LogP contribution in [0.2, 0.25) is 0 Å². The van der Waals surface area contributed by atoms with Crippen molar-refractivity contribution in [1.29, 1.82) is 0 Å². The monoisotopic (exact) mass is 439 g/mol. The molecule has 0 aromatic heterocycles. The molecule has 29 heavy (non-hydrogen) atoms. The van der Waals surface area contributed by atoms with Crippen LogP contribution >= 0.6 is 0 Å². The number of phenols is 2. The molecule has 0 aliphatic heterocycles. The molecule has 0 aliphatic rings. The van der Waals surface area contributed by atoms with Gasteiger partial charge in [-0.3, -0.25) is 9.11 Å². The van der Waals surface area contributed by atoms with Gasteiger partial charge in [-0.1, -0.05) is 18.2 Å². The fourth-order valence-corrected chi connectivity index (χ4v) is 3.90. The maximum Gasteiger partial charge on any atom is 0.298 e. The van der Waals surface area contributed by atoms with Crippen LogP contribution in [0.1, 0.15) is 0 Å². The number of azo groups is 1. The third-order valence-electron chi connectivity index (χ3n) is 3.89. The smallest absolute Gasteiger partial charge is 0.298 e. The molecule has 0 aliphatic carbocycles. The highest BCUT2D eigenvalue weighted by Gasteiger charge is 2.27. The second kappa shape index (κ2) is 6.97. The van der Waals surface area contributed by atoms with E-state index in [1.807, 2.05) is 0 Å². The summed E-state index contributed by atoms with van der Waals surface area (Å²) < 4.78 is 65.1. The predicted octanol–water partition coefficient (Wildman–Crippen LogP) is 2.74. The van der Waals surface area contributed by atoms with Crippen LogP contribution in [0, 0.1) is 0 Å². The zero-order valence-corrected chi connectivity index (χ0v) is 15.9. The molecule has 3 rings (SSSR count). The molecule has 0 heterocycles. The Kier molecular flexibility index (Phi) is 4.92. The van der Waals surface area contributed by atoms with E-state index in [9.17, 15) is 36.2 Å².